The van der Waals surface area contributed by atoms with Gasteiger partial charge in [-0.25, -0.2) is 4.79 Å². The zero-order valence-electron chi connectivity index (χ0n) is 31.9. The average Bonchev–Trinajstić information content (AvgIpc) is 3.10. The van der Waals surface area contributed by atoms with Crippen LogP contribution in [0.1, 0.15) is 187 Å². The van der Waals surface area contributed by atoms with Crippen LogP contribution in [0.3, 0.4) is 0 Å². The zero-order valence-corrected chi connectivity index (χ0v) is 31.9. The first-order valence-electron chi connectivity index (χ1n) is 20.2. The predicted molar refractivity (Wildman–Crippen MR) is 204 cm³/mol. The molecule has 0 aromatic rings. The summed E-state index contributed by atoms with van der Waals surface area (Å²) in [4.78, 5) is 47.4. The van der Waals surface area contributed by atoms with Gasteiger partial charge in [-0.1, -0.05) is 154 Å². The number of aliphatic carboxylic acids is 1. The van der Waals surface area contributed by atoms with Gasteiger partial charge in [-0.3, -0.25) is 14.4 Å². The molecule has 4 N–H and O–H groups in total. The quantitative estimate of drug-likeness (QED) is 0.0289. The van der Waals surface area contributed by atoms with Crippen molar-refractivity contribution < 1.29 is 34.1 Å². The third-order valence-electron chi connectivity index (χ3n) is 8.94. The van der Waals surface area contributed by atoms with Crippen LogP contribution < -0.4 is 10.6 Å². The number of hydrogen-bond acceptors (Lipinski definition) is 6. The molecule has 9 nitrogen and oxygen atoms in total. The Balaban J connectivity index is 4.21. The lowest BCUT2D eigenvalue weighted by molar-refractivity contribution is -0.147. The van der Waals surface area contributed by atoms with Crippen molar-refractivity contribution in [3.05, 3.63) is 24.3 Å². The van der Waals surface area contributed by atoms with E-state index in [-0.39, 0.29) is 30.9 Å². The minimum absolute atomic E-state index is 0.127. The van der Waals surface area contributed by atoms with Crippen LogP contribution in [-0.2, 0) is 23.9 Å². The first-order chi connectivity index (χ1) is 24.3. The first-order valence-corrected chi connectivity index (χ1v) is 20.2. The lowest BCUT2D eigenvalue weighted by atomic mass is 10.0. The summed E-state index contributed by atoms with van der Waals surface area (Å²) in [6, 6.07) is -1.39. The molecular formula is C41H74N2O7. The Labute approximate surface area is 304 Å². The summed E-state index contributed by atoms with van der Waals surface area (Å²) in [5.41, 5.74) is 0. The van der Waals surface area contributed by atoms with Gasteiger partial charge in [0.05, 0.1) is 13.2 Å². The molecule has 0 aliphatic heterocycles. The van der Waals surface area contributed by atoms with Gasteiger partial charge in [-0.2, -0.15) is 0 Å². The van der Waals surface area contributed by atoms with Crippen molar-refractivity contribution in [3.63, 3.8) is 0 Å². The van der Waals surface area contributed by atoms with E-state index in [1.165, 1.54) is 103 Å². The number of carboxylic acids is 1. The highest BCUT2D eigenvalue weighted by atomic mass is 16.5. The maximum Gasteiger partial charge on any atom is 0.328 e. The van der Waals surface area contributed by atoms with E-state index in [4.69, 9.17) is 14.9 Å². The highest BCUT2D eigenvalue weighted by Crippen LogP contribution is 2.16. The van der Waals surface area contributed by atoms with Crippen LogP contribution in [0.2, 0.25) is 0 Å². The van der Waals surface area contributed by atoms with E-state index in [1.54, 1.807) is 0 Å². The number of nitrogens with one attached hydrogen (secondary N) is 2. The van der Waals surface area contributed by atoms with Crippen LogP contribution in [0.25, 0.3) is 0 Å². The van der Waals surface area contributed by atoms with E-state index in [9.17, 15) is 19.2 Å². The summed E-state index contributed by atoms with van der Waals surface area (Å²) < 4.78 is 5.87. The average molecular weight is 707 g/mol. The number of carboxylic acid groups (broad SMARTS) is 1. The summed E-state index contributed by atoms with van der Waals surface area (Å²) in [5.74, 6) is -2.42. The Morgan fingerprint density at radius 1 is 0.620 bits per heavy atom. The molecule has 0 aromatic carbocycles. The second-order valence-electron chi connectivity index (χ2n) is 13.7. The van der Waals surface area contributed by atoms with Crippen molar-refractivity contribution in [2.24, 2.45) is 0 Å². The van der Waals surface area contributed by atoms with Gasteiger partial charge in [-0.15, -0.1) is 0 Å². The summed E-state index contributed by atoms with van der Waals surface area (Å²) in [7, 11) is 0. The molecule has 9 heteroatoms. The van der Waals surface area contributed by atoms with Gasteiger partial charge in [0, 0.05) is 12.8 Å². The normalized spacial score (nSPS) is 12.7. The highest BCUT2D eigenvalue weighted by molar-refractivity contribution is 5.87. The van der Waals surface area contributed by atoms with Gasteiger partial charge in [0.1, 0.15) is 12.1 Å². The number of hydrogen-bond donors (Lipinski definition) is 4. The smallest absolute Gasteiger partial charge is 0.328 e. The fourth-order valence-corrected chi connectivity index (χ4v) is 5.77. The maximum atomic E-state index is 12.7. The largest absolute Gasteiger partial charge is 0.480 e. The zero-order chi connectivity index (χ0) is 36.9. The molecule has 0 rings (SSSR count). The van der Waals surface area contributed by atoms with Crippen molar-refractivity contribution in [1.29, 1.82) is 0 Å². The second kappa shape index (κ2) is 36.1. The molecule has 290 valence electrons. The van der Waals surface area contributed by atoms with Crippen molar-refractivity contribution in [2.75, 3.05) is 13.2 Å². The topological polar surface area (TPSA) is 142 Å². The van der Waals surface area contributed by atoms with E-state index in [1.807, 2.05) is 6.08 Å². The predicted octanol–water partition coefficient (Wildman–Crippen LogP) is 9.26. The molecule has 0 aliphatic carbocycles. The number of allylic oxidation sites excluding steroid dienone is 3. The number of amides is 2. The van der Waals surface area contributed by atoms with Crippen molar-refractivity contribution in [3.8, 4) is 0 Å². The molecular weight excluding hydrogens is 632 g/mol. The standard InChI is InChI=1S/C41H74N2O7/c1-3-5-7-9-11-12-13-14-15-16-17-18-19-21-23-29-33-40(47)50-36(30-26-22-20-10-8-6-4-2)31-27-24-25-28-32-38(45)42-34-39(46)43-37(35-44)41(48)49/h10,20,26,30,36-37,44H,3-9,11-19,21-25,27-29,31-35H2,1-2H3,(H,42,45)(H,43,46)(H,48,49)/b20-10-,30-26-. The fourth-order valence-electron chi connectivity index (χ4n) is 5.77. The van der Waals surface area contributed by atoms with Gasteiger partial charge in [0.2, 0.25) is 11.8 Å². The van der Waals surface area contributed by atoms with E-state index in [0.29, 0.717) is 12.8 Å². The number of esters is 1. The number of unbranched alkanes of at least 4 members (excludes halogenated alkanes) is 20. The molecule has 2 unspecified atom stereocenters. The van der Waals surface area contributed by atoms with Crippen LogP contribution in [0, 0.1) is 0 Å². The van der Waals surface area contributed by atoms with Gasteiger partial charge >= 0.3 is 11.9 Å². The van der Waals surface area contributed by atoms with Gasteiger partial charge < -0.3 is 25.6 Å². The molecule has 0 heterocycles. The molecule has 0 saturated heterocycles. The molecule has 0 saturated carbocycles. The fraction of sp³-hybridized carbons (Fsp3) is 0.805. The Kier molecular flexibility index (Phi) is 34.2. The molecule has 2 amide bonds. The van der Waals surface area contributed by atoms with Crippen molar-refractivity contribution in [2.45, 2.75) is 199 Å². The van der Waals surface area contributed by atoms with Crippen molar-refractivity contribution >= 4 is 23.8 Å². The number of aliphatic hydroxyl groups excluding tert-OH is 1. The first kappa shape index (κ1) is 47.3. The van der Waals surface area contributed by atoms with Gasteiger partial charge in [0.25, 0.3) is 0 Å². The minimum Gasteiger partial charge on any atom is -0.480 e. The Bertz CT molecular complexity index is 905. The summed E-state index contributed by atoms with van der Waals surface area (Å²) in [6.45, 7) is 3.39. The van der Waals surface area contributed by atoms with E-state index in [2.05, 4.69) is 42.7 Å². The maximum absolute atomic E-state index is 12.7. The van der Waals surface area contributed by atoms with Crippen LogP contribution in [-0.4, -0.2) is 59.3 Å². The molecule has 0 spiro atoms. The minimum atomic E-state index is -1.39. The third-order valence-corrected chi connectivity index (χ3v) is 8.94. The number of aliphatic hydroxyl groups is 1. The Morgan fingerprint density at radius 3 is 1.68 bits per heavy atom. The molecule has 0 aromatic heterocycles. The second-order valence-corrected chi connectivity index (χ2v) is 13.7. The van der Waals surface area contributed by atoms with Crippen LogP contribution in [0.15, 0.2) is 24.3 Å². The number of carbonyl (C=O) groups is 4. The lowest BCUT2D eigenvalue weighted by Crippen LogP contribution is -2.47. The SMILES string of the molecule is CCCC/C=C\C/C=C\C(CCCCCCC(=O)NCC(=O)NC(CO)C(=O)O)OC(=O)CCCCCCCCCCCCCCCCCC. The monoisotopic (exact) mass is 707 g/mol. The Hall–Kier alpha value is -2.68. The summed E-state index contributed by atoms with van der Waals surface area (Å²) in [5, 5.41) is 22.5. The molecule has 0 aliphatic rings. The third kappa shape index (κ3) is 32.5. The molecule has 50 heavy (non-hydrogen) atoms. The number of rotatable bonds is 36. The van der Waals surface area contributed by atoms with E-state index >= 15 is 0 Å². The van der Waals surface area contributed by atoms with Gasteiger partial charge in [-0.05, 0) is 44.6 Å². The van der Waals surface area contributed by atoms with Crippen molar-refractivity contribution in [1.82, 2.24) is 10.6 Å². The molecule has 0 radical (unpaired) electrons. The number of ether oxygens (including phenoxy) is 1. The van der Waals surface area contributed by atoms with Crippen LogP contribution >= 0.6 is 0 Å². The lowest BCUT2D eigenvalue weighted by Gasteiger charge is -2.15. The highest BCUT2D eigenvalue weighted by Gasteiger charge is 2.18. The molecule has 2 atom stereocenters. The molecule has 0 bridgehead atoms. The van der Waals surface area contributed by atoms with Gasteiger partial charge in [0.15, 0.2) is 0 Å². The molecule has 0 fully saturated rings. The van der Waals surface area contributed by atoms with E-state index in [0.717, 1.165) is 51.4 Å². The van der Waals surface area contributed by atoms with E-state index < -0.39 is 24.5 Å². The van der Waals surface area contributed by atoms with Crippen LogP contribution in [0.4, 0.5) is 0 Å². The number of carbonyl (C=O) groups excluding carboxylic acids is 3. The summed E-state index contributed by atoms with van der Waals surface area (Å²) in [6.07, 6.45) is 38.0. The summed E-state index contributed by atoms with van der Waals surface area (Å²) >= 11 is 0. The van der Waals surface area contributed by atoms with Crippen LogP contribution in [0.5, 0.6) is 0 Å². The Morgan fingerprint density at radius 2 is 1.14 bits per heavy atom.